The smallest absolute Gasteiger partial charge is 0.210 e. The second-order valence-corrected chi connectivity index (χ2v) is 8.34. The summed E-state index contributed by atoms with van der Waals surface area (Å²) in [5.74, 6) is -3.94. The molecule has 1 aliphatic rings. The largest absolute Gasteiger partial charge is 0.495 e. The predicted molar refractivity (Wildman–Crippen MR) is 121 cm³/mol. The number of hydrogen-bond acceptors (Lipinski definition) is 4. The molecule has 2 aromatic heterocycles. The Bertz CT molecular complexity index is 1420. The number of rotatable bonds is 5. The SMILES string of the molecule is COc1cc(C=C(F)c2nc3n(n2)CCCC3c2c(F)cc(F)cc2F)ccc1-n1cnc(C)c1. The molecular weight excluding hydrogens is 462 g/mol. The Morgan fingerprint density at radius 2 is 1.91 bits per heavy atom. The Morgan fingerprint density at radius 3 is 2.60 bits per heavy atom. The van der Waals surface area contributed by atoms with E-state index in [9.17, 15) is 13.2 Å². The molecule has 10 heteroatoms. The average Bonchev–Trinajstić information content (AvgIpc) is 3.45. The van der Waals surface area contributed by atoms with Crippen LogP contribution in [-0.2, 0) is 6.54 Å². The molecule has 1 unspecified atom stereocenters. The highest BCUT2D eigenvalue weighted by atomic mass is 19.1. The van der Waals surface area contributed by atoms with Crippen molar-refractivity contribution in [1.29, 1.82) is 0 Å². The number of nitrogens with zero attached hydrogens (tertiary/aromatic N) is 5. The van der Waals surface area contributed by atoms with Gasteiger partial charge in [-0.1, -0.05) is 6.07 Å². The molecule has 180 valence electrons. The second-order valence-electron chi connectivity index (χ2n) is 8.34. The van der Waals surface area contributed by atoms with Gasteiger partial charge in [0.05, 0.1) is 24.8 Å². The van der Waals surface area contributed by atoms with E-state index in [4.69, 9.17) is 4.74 Å². The Kier molecular flexibility index (Phi) is 5.88. The molecule has 0 fully saturated rings. The second kappa shape index (κ2) is 9.01. The molecule has 1 aliphatic heterocycles. The van der Waals surface area contributed by atoms with Gasteiger partial charge in [-0.05, 0) is 43.5 Å². The van der Waals surface area contributed by atoms with Crippen molar-refractivity contribution in [2.24, 2.45) is 0 Å². The standard InChI is InChI=1S/C25H21F4N5O/c1-14-12-33(13-30-14)21-6-5-15(9-22(21)35-2)8-20(29)24-31-25-17(4-3-7-34(25)32-24)23-18(27)10-16(26)11-19(23)28/h5-6,8-13,17H,3-4,7H2,1-2H3. The third-order valence-corrected chi connectivity index (χ3v) is 5.97. The van der Waals surface area contributed by atoms with Gasteiger partial charge in [0.15, 0.2) is 5.83 Å². The third kappa shape index (κ3) is 4.31. The quantitative estimate of drug-likeness (QED) is 0.347. The average molecular weight is 483 g/mol. The van der Waals surface area contributed by atoms with Crippen LogP contribution < -0.4 is 4.74 Å². The van der Waals surface area contributed by atoms with Gasteiger partial charge < -0.3 is 9.30 Å². The molecule has 5 rings (SSSR count). The van der Waals surface area contributed by atoms with E-state index in [-0.39, 0.29) is 17.2 Å². The first kappa shape index (κ1) is 22.8. The van der Waals surface area contributed by atoms with Gasteiger partial charge in [-0.3, -0.25) is 0 Å². The Labute approximate surface area is 198 Å². The van der Waals surface area contributed by atoms with E-state index in [1.165, 1.54) is 17.9 Å². The zero-order chi connectivity index (χ0) is 24.7. The Balaban J connectivity index is 1.48. The number of hydrogen-bond donors (Lipinski definition) is 0. The summed E-state index contributed by atoms with van der Waals surface area (Å²) in [4.78, 5) is 8.46. The summed E-state index contributed by atoms with van der Waals surface area (Å²) in [5.41, 5.74) is 1.81. The minimum absolute atomic E-state index is 0.192. The first-order valence-electron chi connectivity index (χ1n) is 11.0. The van der Waals surface area contributed by atoms with E-state index in [0.717, 1.165) is 11.4 Å². The van der Waals surface area contributed by atoms with E-state index in [0.29, 0.717) is 42.8 Å². The zero-order valence-electron chi connectivity index (χ0n) is 19.0. The minimum atomic E-state index is -1.000. The maximum atomic E-state index is 15.2. The van der Waals surface area contributed by atoms with E-state index < -0.39 is 29.2 Å². The van der Waals surface area contributed by atoms with Crippen LogP contribution in [0.5, 0.6) is 5.75 Å². The molecule has 2 aromatic carbocycles. The van der Waals surface area contributed by atoms with Crippen LogP contribution in [0.1, 0.15) is 47.2 Å². The van der Waals surface area contributed by atoms with Crippen molar-refractivity contribution < 1.29 is 22.3 Å². The molecule has 6 nitrogen and oxygen atoms in total. The van der Waals surface area contributed by atoms with Crippen molar-refractivity contribution in [2.45, 2.75) is 32.2 Å². The number of aryl methyl sites for hydroxylation is 2. The number of ether oxygens (including phenoxy) is 1. The molecule has 0 spiro atoms. The van der Waals surface area contributed by atoms with Crippen LogP contribution in [0.3, 0.4) is 0 Å². The summed E-state index contributed by atoms with van der Waals surface area (Å²) in [6, 6.07) is 6.44. The minimum Gasteiger partial charge on any atom is -0.495 e. The van der Waals surface area contributed by atoms with Crippen molar-refractivity contribution in [3.63, 3.8) is 0 Å². The molecule has 4 aromatic rings. The molecule has 0 saturated heterocycles. The maximum absolute atomic E-state index is 15.2. The fourth-order valence-corrected chi connectivity index (χ4v) is 4.37. The lowest BCUT2D eigenvalue weighted by Gasteiger charge is -2.23. The highest BCUT2D eigenvalue weighted by Gasteiger charge is 2.31. The van der Waals surface area contributed by atoms with Crippen molar-refractivity contribution >= 4 is 11.9 Å². The highest BCUT2D eigenvalue weighted by Crippen LogP contribution is 2.36. The normalized spacial score (nSPS) is 15.8. The van der Waals surface area contributed by atoms with E-state index in [1.54, 1.807) is 29.1 Å². The van der Waals surface area contributed by atoms with Gasteiger partial charge in [0.25, 0.3) is 0 Å². The summed E-state index contributed by atoms with van der Waals surface area (Å²) in [6.07, 6.45) is 5.72. The van der Waals surface area contributed by atoms with Crippen LogP contribution in [-0.4, -0.2) is 31.4 Å². The fraction of sp³-hybridized carbons (Fsp3) is 0.240. The van der Waals surface area contributed by atoms with E-state index in [2.05, 4.69) is 15.1 Å². The first-order valence-corrected chi connectivity index (χ1v) is 11.0. The van der Waals surface area contributed by atoms with Gasteiger partial charge in [-0.15, -0.1) is 5.10 Å². The highest BCUT2D eigenvalue weighted by molar-refractivity contribution is 5.75. The molecule has 35 heavy (non-hydrogen) atoms. The molecule has 0 saturated carbocycles. The summed E-state index contributed by atoms with van der Waals surface area (Å²) in [7, 11) is 1.52. The van der Waals surface area contributed by atoms with Crippen molar-refractivity contribution in [2.75, 3.05) is 7.11 Å². The van der Waals surface area contributed by atoms with Gasteiger partial charge in [0, 0.05) is 36.4 Å². The van der Waals surface area contributed by atoms with Gasteiger partial charge in [-0.25, -0.2) is 32.2 Å². The monoisotopic (exact) mass is 483 g/mol. The maximum Gasteiger partial charge on any atom is 0.210 e. The number of aromatic nitrogens is 5. The lowest BCUT2D eigenvalue weighted by atomic mass is 9.90. The summed E-state index contributed by atoms with van der Waals surface area (Å²) in [5, 5.41) is 4.21. The predicted octanol–water partition coefficient (Wildman–Crippen LogP) is 5.59. The Morgan fingerprint density at radius 1 is 1.14 bits per heavy atom. The third-order valence-electron chi connectivity index (χ3n) is 5.97. The van der Waals surface area contributed by atoms with Gasteiger partial charge in [0.1, 0.15) is 29.0 Å². The molecule has 1 atom stereocenters. The number of imidazole rings is 1. The van der Waals surface area contributed by atoms with Gasteiger partial charge >= 0.3 is 0 Å². The first-order chi connectivity index (χ1) is 16.8. The topological polar surface area (TPSA) is 57.8 Å². The van der Waals surface area contributed by atoms with Crippen molar-refractivity contribution in [3.05, 3.63) is 88.8 Å². The molecule has 0 aliphatic carbocycles. The number of fused-ring (bicyclic) bond motifs is 1. The van der Waals surface area contributed by atoms with Crippen LogP contribution in [0.4, 0.5) is 17.6 Å². The van der Waals surface area contributed by atoms with Gasteiger partial charge in [0.2, 0.25) is 5.82 Å². The summed E-state index contributed by atoms with van der Waals surface area (Å²) >= 11 is 0. The lowest BCUT2D eigenvalue weighted by Crippen LogP contribution is -2.20. The molecule has 0 radical (unpaired) electrons. The van der Waals surface area contributed by atoms with Crippen LogP contribution in [0, 0.1) is 24.4 Å². The Hall–Kier alpha value is -3.95. The number of benzene rings is 2. The van der Waals surface area contributed by atoms with E-state index >= 15 is 4.39 Å². The molecule has 0 N–H and O–H groups in total. The lowest BCUT2D eigenvalue weighted by molar-refractivity contribution is 0.413. The molecule has 0 bridgehead atoms. The molecule has 0 amide bonds. The van der Waals surface area contributed by atoms with Crippen LogP contribution in [0.2, 0.25) is 0 Å². The van der Waals surface area contributed by atoms with Crippen molar-refractivity contribution in [1.82, 2.24) is 24.3 Å². The van der Waals surface area contributed by atoms with Crippen molar-refractivity contribution in [3.8, 4) is 11.4 Å². The number of halogens is 4. The summed E-state index contributed by atoms with van der Waals surface area (Å²) < 4.78 is 66.1. The fourth-order valence-electron chi connectivity index (χ4n) is 4.37. The zero-order valence-corrected chi connectivity index (χ0v) is 19.0. The van der Waals surface area contributed by atoms with Crippen LogP contribution in [0.15, 0.2) is 42.9 Å². The molecule has 3 heterocycles. The van der Waals surface area contributed by atoms with Gasteiger partial charge in [-0.2, -0.15) is 0 Å². The van der Waals surface area contributed by atoms with Crippen LogP contribution >= 0.6 is 0 Å². The number of methoxy groups -OCH3 is 1. The summed E-state index contributed by atoms with van der Waals surface area (Å²) in [6.45, 7) is 2.31. The molecular formula is C25H21F4N5O. The van der Waals surface area contributed by atoms with Crippen LogP contribution in [0.25, 0.3) is 17.6 Å². The van der Waals surface area contributed by atoms with E-state index in [1.807, 2.05) is 13.1 Å².